The van der Waals surface area contributed by atoms with Crippen LogP contribution in [-0.2, 0) is 23.1 Å². The Bertz CT molecular complexity index is 799. The average molecular weight is 423 g/mol. The summed E-state index contributed by atoms with van der Waals surface area (Å²) in [6.07, 6.45) is 4.44. The molecule has 2 saturated heterocycles. The highest BCUT2D eigenvalue weighted by Gasteiger charge is 2.24. The van der Waals surface area contributed by atoms with Crippen molar-refractivity contribution in [3.63, 3.8) is 0 Å². The van der Waals surface area contributed by atoms with E-state index in [1.54, 1.807) is 4.90 Å². The minimum absolute atomic E-state index is 0.123. The van der Waals surface area contributed by atoms with Crippen LogP contribution in [0, 0.1) is 5.92 Å². The van der Waals surface area contributed by atoms with Gasteiger partial charge in [0.1, 0.15) is 0 Å². The second kappa shape index (κ2) is 9.91. The standard InChI is InChI=1S/C21H34N4O3S/c1-18-7-5-10-23(16-18)17-20-9-4-3-8-19(20)15-22-21(26)24-11-6-12-25(14-13-24)29(2,27)28/h3-4,8-9,18H,5-7,10-17H2,1-2H3,(H,22,26). The molecule has 1 N–H and O–H groups in total. The lowest BCUT2D eigenvalue weighted by atomic mass is 9.99. The molecule has 1 aromatic rings. The first-order valence-corrected chi connectivity index (χ1v) is 12.4. The van der Waals surface area contributed by atoms with Crippen molar-refractivity contribution in [3.05, 3.63) is 35.4 Å². The normalized spacial score (nSPS) is 22.3. The number of carbonyl (C=O) groups is 1. The van der Waals surface area contributed by atoms with Crippen molar-refractivity contribution in [2.45, 2.75) is 39.3 Å². The summed E-state index contributed by atoms with van der Waals surface area (Å²) in [5.74, 6) is 0.741. The van der Waals surface area contributed by atoms with Gasteiger partial charge in [-0.2, -0.15) is 0 Å². The van der Waals surface area contributed by atoms with E-state index in [0.717, 1.165) is 31.1 Å². The highest BCUT2D eigenvalue weighted by atomic mass is 32.2. The first-order chi connectivity index (χ1) is 13.8. The van der Waals surface area contributed by atoms with Gasteiger partial charge in [0.2, 0.25) is 10.0 Å². The number of hydrogen-bond donors (Lipinski definition) is 1. The number of benzene rings is 1. The maximum Gasteiger partial charge on any atom is 0.317 e. The molecule has 0 spiro atoms. The van der Waals surface area contributed by atoms with Gasteiger partial charge >= 0.3 is 6.03 Å². The molecule has 2 heterocycles. The molecule has 2 aliphatic heterocycles. The van der Waals surface area contributed by atoms with Crippen molar-refractivity contribution in [3.8, 4) is 0 Å². The average Bonchev–Trinajstić information content (AvgIpc) is 2.93. The van der Waals surface area contributed by atoms with Gasteiger partial charge in [-0.1, -0.05) is 31.2 Å². The van der Waals surface area contributed by atoms with E-state index in [1.165, 1.54) is 29.0 Å². The molecule has 0 saturated carbocycles. The molecule has 29 heavy (non-hydrogen) atoms. The van der Waals surface area contributed by atoms with E-state index in [-0.39, 0.29) is 6.03 Å². The number of piperidine rings is 1. The largest absolute Gasteiger partial charge is 0.334 e. The first-order valence-electron chi connectivity index (χ1n) is 10.6. The van der Waals surface area contributed by atoms with Crippen LogP contribution >= 0.6 is 0 Å². The second-order valence-electron chi connectivity index (χ2n) is 8.41. The Kier molecular flexibility index (Phi) is 7.54. The maximum absolute atomic E-state index is 12.7. The summed E-state index contributed by atoms with van der Waals surface area (Å²) in [5, 5.41) is 3.04. The third-order valence-corrected chi connectivity index (χ3v) is 7.20. The van der Waals surface area contributed by atoms with Crippen LogP contribution < -0.4 is 5.32 Å². The lowest BCUT2D eigenvalue weighted by molar-refractivity contribution is 0.176. The summed E-state index contributed by atoms with van der Waals surface area (Å²) in [4.78, 5) is 16.9. The van der Waals surface area contributed by atoms with Gasteiger partial charge in [-0.15, -0.1) is 0 Å². The Morgan fingerprint density at radius 1 is 1.07 bits per heavy atom. The van der Waals surface area contributed by atoms with Crippen LogP contribution in [0.1, 0.15) is 37.3 Å². The third-order valence-electron chi connectivity index (χ3n) is 5.89. The molecule has 2 fully saturated rings. The van der Waals surface area contributed by atoms with Crippen molar-refractivity contribution >= 4 is 16.1 Å². The Labute approximate surface area is 175 Å². The lowest BCUT2D eigenvalue weighted by Gasteiger charge is -2.31. The maximum atomic E-state index is 12.7. The van der Waals surface area contributed by atoms with Crippen LogP contribution in [0.5, 0.6) is 0 Å². The molecular formula is C21H34N4O3S. The fourth-order valence-corrected chi connectivity index (χ4v) is 5.14. The minimum atomic E-state index is -3.21. The zero-order valence-electron chi connectivity index (χ0n) is 17.6. The summed E-state index contributed by atoms with van der Waals surface area (Å²) in [5.41, 5.74) is 2.41. The lowest BCUT2D eigenvalue weighted by Crippen LogP contribution is -2.42. The van der Waals surface area contributed by atoms with Gasteiger partial charge in [0, 0.05) is 45.8 Å². The van der Waals surface area contributed by atoms with Crippen LogP contribution in [0.3, 0.4) is 0 Å². The van der Waals surface area contributed by atoms with Crippen molar-refractivity contribution in [1.82, 2.24) is 19.4 Å². The van der Waals surface area contributed by atoms with Crippen LogP contribution in [-0.4, -0.2) is 74.1 Å². The van der Waals surface area contributed by atoms with E-state index in [4.69, 9.17) is 0 Å². The summed E-state index contributed by atoms with van der Waals surface area (Å²) in [6.45, 7) is 7.81. The van der Waals surface area contributed by atoms with Crippen LogP contribution in [0.25, 0.3) is 0 Å². The van der Waals surface area contributed by atoms with E-state index in [1.807, 2.05) is 6.07 Å². The second-order valence-corrected chi connectivity index (χ2v) is 10.4. The van der Waals surface area contributed by atoms with E-state index < -0.39 is 10.0 Å². The minimum Gasteiger partial charge on any atom is -0.334 e. The fraction of sp³-hybridized carbons (Fsp3) is 0.667. The molecular weight excluding hydrogens is 388 g/mol. The molecule has 7 nitrogen and oxygen atoms in total. The van der Waals surface area contributed by atoms with Gasteiger partial charge in [-0.25, -0.2) is 17.5 Å². The summed E-state index contributed by atoms with van der Waals surface area (Å²) in [7, 11) is -3.21. The molecule has 8 heteroatoms. The summed E-state index contributed by atoms with van der Waals surface area (Å²) < 4.78 is 25.0. The molecule has 0 aliphatic carbocycles. The molecule has 1 unspecified atom stereocenters. The van der Waals surface area contributed by atoms with Crippen LogP contribution in [0.2, 0.25) is 0 Å². The van der Waals surface area contributed by atoms with E-state index in [9.17, 15) is 13.2 Å². The van der Waals surface area contributed by atoms with Crippen molar-refractivity contribution in [2.75, 3.05) is 45.5 Å². The SMILES string of the molecule is CC1CCCN(Cc2ccccc2CNC(=O)N2CCCN(S(C)(=O)=O)CC2)C1. The molecule has 2 amide bonds. The Balaban J connectivity index is 1.55. The van der Waals surface area contributed by atoms with Crippen LogP contribution in [0.15, 0.2) is 24.3 Å². The molecule has 2 aliphatic rings. The van der Waals surface area contributed by atoms with Gasteiger partial charge < -0.3 is 10.2 Å². The number of likely N-dealkylation sites (tertiary alicyclic amines) is 1. The van der Waals surface area contributed by atoms with Crippen molar-refractivity contribution in [2.24, 2.45) is 5.92 Å². The van der Waals surface area contributed by atoms with Gasteiger partial charge in [0.15, 0.2) is 0 Å². The van der Waals surface area contributed by atoms with Gasteiger partial charge in [-0.05, 0) is 42.9 Å². The van der Waals surface area contributed by atoms with Gasteiger partial charge in [0.05, 0.1) is 6.26 Å². The Morgan fingerprint density at radius 3 is 2.55 bits per heavy atom. The summed E-state index contributed by atoms with van der Waals surface area (Å²) in [6, 6.07) is 8.18. The number of rotatable bonds is 5. The number of carbonyl (C=O) groups excluding carboxylic acids is 1. The smallest absolute Gasteiger partial charge is 0.317 e. The molecule has 162 valence electrons. The molecule has 0 aromatic heterocycles. The molecule has 0 bridgehead atoms. The fourth-order valence-electron chi connectivity index (χ4n) is 4.27. The number of nitrogens with one attached hydrogen (secondary N) is 1. The topological polar surface area (TPSA) is 73.0 Å². The number of amides is 2. The molecule has 1 atom stereocenters. The predicted molar refractivity (Wildman–Crippen MR) is 115 cm³/mol. The van der Waals surface area contributed by atoms with Gasteiger partial charge in [-0.3, -0.25) is 4.90 Å². The van der Waals surface area contributed by atoms with E-state index >= 15 is 0 Å². The van der Waals surface area contributed by atoms with E-state index in [0.29, 0.717) is 39.1 Å². The van der Waals surface area contributed by atoms with E-state index in [2.05, 4.69) is 35.3 Å². The monoisotopic (exact) mass is 422 g/mol. The number of hydrogen-bond acceptors (Lipinski definition) is 4. The quantitative estimate of drug-likeness (QED) is 0.789. The van der Waals surface area contributed by atoms with Crippen LogP contribution in [0.4, 0.5) is 4.79 Å². The molecule has 1 aromatic carbocycles. The number of sulfonamides is 1. The highest BCUT2D eigenvalue weighted by molar-refractivity contribution is 7.88. The van der Waals surface area contributed by atoms with Crippen molar-refractivity contribution in [1.29, 1.82) is 0 Å². The molecule has 3 rings (SSSR count). The Hall–Kier alpha value is -1.64. The summed E-state index contributed by atoms with van der Waals surface area (Å²) >= 11 is 0. The Morgan fingerprint density at radius 2 is 1.83 bits per heavy atom. The molecule has 0 radical (unpaired) electrons. The number of urea groups is 1. The first kappa shape index (κ1) is 22.1. The number of nitrogens with zero attached hydrogens (tertiary/aromatic N) is 3. The highest BCUT2D eigenvalue weighted by Crippen LogP contribution is 2.19. The predicted octanol–water partition coefficient (Wildman–Crippen LogP) is 2.10. The van der Waals surface area contributed by atoms with Crippen molar-refractivity contribution < 1.29 is 13.2 Å². The van der Waals surface area contributed by atoms with Gasteiger partial charge in [0.25, 0.3) is 0 Å². The zero-order chi connectivity index (χ0) is 20.9. The third kappa shape index (κ3) is 6.42. The zero-order valence-corrected chi connectivity index (χ0v) is 18.5.